The predicted octanol–water partition coefficient (Wildman–Crippen LogP) is 3.17. The van der Waals surface area contributed by atoms with Crippen molar-refractivity contribution in [3.05, 3.63) is 34.9 Å². The molecule has 2 atom stereocenters. The van der Waals surface area contributed by atoms with Crippen LogP contribution in [-0.4, -0.2) is 31.6 Å². The standard InChI is InChI=1S/C18H28N2/c1-14(19-12-15-5-4-10-20(2)13-15)17-9-8-16-6-3-7-18(16)11-17/h8-9,11,14-15,19H,3-7,10,12-13H2,1-2H3. The lowest BCUT2D eigenvalue weighted by atomic mass is 9.97. The van der Waals surface area contributed by atoms with Crippen molar-refractivity contribution in [1.29, 1.82) is 0 Å². The molecule has 1 heterocycles. The fourth-order valence-corrected chi connectivity index (χ4v) is 3.76. The fraction of sp³-hybridized carbons (Fsp3) is 0.667. The maximum Gasteiger partial charge on any atom is 0.0292 e. The van der Waals surface area contributed by atoms with E-state index in [-0.39, 0.29) is 0 Å². The molecule has 0 spiro atoms. The lowest BCUT2D eigenvalue weighted by Crippen LogP contribution is -2.37. The van der Waals surface area contributed by atoms with Crippen LogP contribution in [0.1, 0.15) is 48.9 Å². The molecule has 2 heteroatoms. The number of likely N-dealkylation sites (tertiary alicyclic amines) is 1. The number of nitrogens with one attached hydrogen (secondary N) is 1. The molecule has 1 N–H and O–H groups in total. The molecule has 1 aliphatic carbocycles. The van der Waals surface area contributed by atoms with Gasteiger partial charge in [0.05, 0.1) is 0 Å². The van der Waals surface area contributed by atoms with Crippen LogP contribution < -0.4 is 5.32 Å². The van der Waals surface area contributed by atoms with Crippen molar-refractivity contribution in [2.24, 2.45) is 5.92 Å². The molecule has 0 radical (unpaired) electrons. The lowest BCUT2D eigenvalue weighted by Gasteiger charge is -2.30. The number of nitrogens with zero attached hydrogens (tertiary/aromatic N) is 1. The Balaban J connectivity index is 1.55. The van der Waals surface area contributed by atoms with Gasteiger partial charge < -0.3 is 10.2 Å². The molecule has 1 saturated heterocycles. The molecule has 1 aromatic rings. The first kappa shape index (κ1) is 14.1. The van der Waals surface area contributed by atoms with Crippen molar-refractivity contribution in [1.82, 2.24) is 10.2 Å². The molecule has 110 valence electrons. The summed E-state index contributed by atoms with van der Waals surface area (Å²) in [6, 6.07) is 7.60. The number of piperidine rings is 1. The summed E-state index contributed by atoms with van der Waals surface area (Å²) in [5, 5.41) is 3.75. The van der Waals surface area contributed by atoms with Gasteiger partial charge in [-0.3, -0.25) is 0 Å². The monoisotopic (exact) mass is 272 g/mol. The molecule has 0 aromatic heterocycles. The van der Waals surface area contributed by atoms with Gasteiger partial charge in [0.25, 0.3) is 0 Å². The van der Waals surface area contributed by atoms with Gasteiger partial charge in [-0.2, -0.15) is 0 Å². The highest BCUT2D eigenvalue weighted by Gasteiger charge is 2.18. The van der Waals surface area contributed by atoms with E-state index in [1.54, 1.807) is 11.1 Å². The second-order valence-electron chi connectivity index (χ2n) is 6.78. The minimum absolute atomic E-state index is 0.480. The van der Waals surface area contributed by atoms with Crippen LogP contribution in [0.3, 0.4) is 0 Å². The van der Waals surface area contributed by atoms with E-state index in [1.807, 2.05) is 0 Å². The van der Waals surface area contributed by atoms with Gasteiger partial charge in [-0.1, -0.05) is 18.2 Å². The summed E-state index contributed by atoms with van der Waals surface area (Å²) in [7, 11) is 2.25. The van der Waals surface area contributed by atoms with Crippen LogP contribution in [0.2, 0.25) is 0 Å². The SMILES string of the molecule is CC(NCC1CCCN(C)C1)c1ccc2c(c1)CCC2. The molecule has 1 aromatic carbocycles. The highest BCUT2D eigenvalue weighted by atomic mass is 15.1. The third-order valence-corrected chi connectivity index (χ3v) is 5.06. The zero-order chi connectivity index (χ0) is 13.9. The van der Waals surface area contributed by atoms with E-state index in [1.165, 1.54) is 50.8 Å². The van der Waals surface area contributed by atoms with Gasteiger partial charge in [-0.25, -0.2) is 0 Å². The highest BCUT2D eigenvalue weighted by Crippen LogP contribution is 2.25. The van der Waals surface area contributed by atoms with Gasteiger partial charge in [0.15, 0.2) is 0 Å². The Hall–Kier alpha value is -0.860. The number of hydrogen-bond donors (Lipinski definition) is 1. The Morgan fingerprint density at radius 2 is 2.10 bits per heavy atom. The van der Waals surface area contributed by atoms with E-state index >= 15 is 0 Å². The van der Waals surface area contributed by atoms with Crippen LogP contribution in [0, 0.1) is 5.92 Å². The Kier molecular flexibility index (Phi) is 4.42. The summed E-state index contributed by atoms with van der Waals surface area (Å²) < 4.78 is 0. The molecule has 1 fully saturated rings. The van der Waals surface area contributed by atoms with Gasteiger partial charge >= 0.3 is 0 Å². The minimum Gasteiger partial charge on any atom is -0.310 e. The lowest BCUT2D eigenvalue weighted by molar-refractivity contribution is 0.203. The Bertz CT molecular complexity index is 455. The molecule has 20 heavy (non-hydrogen) atoms. The largest absolute Gasteiger partial charge is 0.310 e. The van der Waals surface area contributed by atoms with Crippen molar-refractivity contribution in [3.63, 3.8) is 0 Å². The van der Waals surface area contributed by atoms with Crippen LogP contribution in [0.5, 0.6) is 0 Å². The minimum atomic E-state index is 0.480. The van der Waals surface area contributed by atoms with Gasteiger partial charge in [0.1, 0.15) is 0 Å². The number of fused-ring (bicyclic) bond motifs is 1. The van der Waals surface area contributed by atoms with Gasteiger partial charge in [0.2, 0.25) is 0 Å². The molecular formula is C18H28N2. The summed E-state index contributed by atoms with van der Waals surface area (Å²) >= 11 is 0. The van der Waals surface area contributed by atoms with E-state index in [0.717, 1.165) is 12.5 Å². The molecule has 2 nitrogen and oxygen atoms in total. The predicted molar refractivity (Wildman–Crippen MR) is 85.1 cm³/mol. The van der Waals surface area contributed by atoms with Crippen LogP contribution in [-0.2, 0) is 12.8 Å². The Morgan fingerprint density at radius 1 is 1.25 bits per heavy atom. The van der Waals surface area contributed by atoms with Crippen LogP contribution in [0.4, 0.5) is 0 Å². The molecule has 2 unspecified atom stereocenters. The Labute approximate surface area is 123 Å². The fourth-order valence-electron chi connectivity index (χ4n) is 3.76. The second kappa shape index (κ2) is 6.28. The van der Waals surface area contributed by atoms with E-state index in [4.69, 9.17) is 0 Å². The first-order valence-corrected chi connectivity index (χ1v) is 8.26. The maximum absolute atomic E-state index is 3.75. The van der Waals surface area contributed by atoms with Gasteiger partial charge in [-0.15, -0.1) is 0 Å². The third kappa shape index (κ3) is 3.24. The summed E-state index contributed by atoms with van der Waals surface area (Å²) in [4.78, 5) is 2.47. The topological polar surface area (TPSA) is 15.3 Å². The van der Waals surface area contributed by atoms with Crippen LogP contribution in [0.25, 0.3) is 0 Å². The molecule has 3 rings (SSSR count). The molecule has 0 saturated carbocycles. The van der Waals surface area contributed by atoms with Crippen LogP contribution in [0.15, 0.2) is 18.2 Å². The molecule has 1 aliphatic heterocycles. The van der Waals surface area contributed by atoms with Crippen LogP contribution >= 0.6 is 0 Å². The average molecular weight is 272 g/mol. The van der Waals surface area contributed by atoms with Crippen molar-refractivity contribution in [3.8, 4) is 0 Å². The zero-order valence-electron chi connectivity index (χ0n) is 13.0. The molecule has 0 amide bonds. The second-order valence-corrected chi connectivity index (χ2v) is 6.78. The van der Waals surface area contributed by atoms with E-state index in [2.05, 4.69) is 42.4 Å². The van der Waals surface area contributed by atoms with Crippen molar-refractivity contribution in [2.45, 2.75) is 45.1 Å². The summed E-state index contributed by atoms with van der Waals surface area (Å²) in [6.45, 7) is 5.99. The van der Waals surface area contributed by atoms with Gasteiger partial charge in [-0.05, 0) is 81.8 Å². The van der Waals surface area contributed by atoms with Crippen molar-refractivity contribution >= 4 is 0 Å². The smallest absolute Gasteiger partial charge is 0.0292 e. The van der Waals surface area contributed by atoms with Gasteiger partial charge in [0, 0.05) is 12.6 Å². The quantitative estimate of drug-likeness (QED) is 0.905. The molecule has 0 bridgehead atoms. The van der Waals surface area contributed by atoms with E-state index in [9.17, 15) is 0 Å². The van der Waals surface area contributed by atoms with E-state index in [0.29, 0.717) is 6.04 Å². The molecule has 2 aliphatic rings. The van der Waals surface area contributed by atoms with Crippen molar-refractivity contribution < 1.29 is 0 Å². The highest BCUT2D eigenvalue weighted by molar-refractivity contribution is 5.36. The summed E-state index contributed by atoms with van der Waals surface area (Å²) in [5.74, 6) is 0.825. The first-order valence-electron chi connectivity index (χ1n) is 8.26. The number of hydrogen-bond acceptors (Lipinski definition) is 2. The van der Waals surface area contributed by atoms with E-state index < -0.39 is 0 Å². The number of rotatable bonds is 4. The number of benzene rings is 1. The Morgan fingerprint density at radius 3 is 2.95 bits per heavy atom. The molecular weight excluding hydrogens is 244 g/mol. The third-order valence-electron chi connectivity index (χ3n) is 5.06. The maximum atomic E-state index is 3.75. The normalized spacial score (nSPS) is 24.6. The number of aryl methyl sites for hydroxylation is 2. The zero-order valence-corrected chi connectivity index (χ0v) is 13.0. The first-order chi connectivity index (χ1) is 9.72. The summed E-state index contributed by atoms with van der Waals surface area (Å²) in [5.41, 5.74) is 4.64. The summed E-state index contributed by atoms with van der Waals surface area (Å²) in [6.07, 6.45) is 6.65. The average Bonchev–Trinajstić information content (AvgIpc) is 2.92. The van der Waals surface area contributed by atoms with Crippen molar-refractivity contribution in [2.75, 3.05) is 26.7 Å².